The molecule has 0 radical (unpaired) electrons. The van der Waals surface area contributed by atoms with Crippen LogP contribution >= 0.6 is 0 Å². The van der Waals surface area contributed by atoms with Crippen LogP contribution in [0.3, 0.4) is 0 Å². The fourth-order valence-electron chi connectivity index (χ4n) is 3.66. The number of amides is 2. The molecule has 8 nitrogen and oxygen atoms in total. The number of carbonyl (C=O) groups excluding carboxylic acids is 3. The molecular formula is C22H30N2O6. The smallest absolute Gasteiger partial charge is 0.338 e. The van der Waals surface area contributed by atoms with Gasteiger partial charge >= 0.3 is 5.97 Å². The Bertz CT molecular complexity index is 797. The molecule has 2 amide bonds. The summed E-state index contributed by atoms with van der Waals surface area (Å²) in [5.41, 5.74) is 0.254. The van der Waals surface area contributed by atoms with E-state index in [0.29, 0.717) is 11.3 Å². The lowest BCUT2D eigenvalue weighted by molar-refractivity contribution is -0.177. The van der Waals surface area contributed by atoms with Crippen LogP contribution in [0.4, 0.5) is 5.69 Å². The zero-order chi connectivity index (χ0) is 21.9. The maximum atomic E-state index is 13.0. The molecule has 2 aliphatic heterocycles. The Morgan fingerprint density at radius 2 is 1.87 bits per heavy atom. The van der Waals surface area contributed by atoms with Crippen molar-refractivity contribution in [2.24, 2.45) is 0 Å². The van der Waals surface area contributed by atoms with Crippen molar-refractivity contribution in [2.75, 3.05) is 31.1 Å². The number of piperidine rings is 1. The Balaban J connectivity index is 1.75. The first kappa shape index (κ1) is 22.2. The number of ether oxygens (including phenoxy) is 2. The normalized spacial score (nSPS) is 21.3. The predicted molar refractivity (Wildman–Crippen MR) is 110 cm³/mol. The van der Waals surface area contributed by atoms with Gasteiger partial charge in [-0.3, -0.25) is 9.59 Å². The molecule has 164 valence electrons. The first-order valence-electron chi connectivity index (χ1n) is 10.4. The van der Waals surface area contributed by atoms with Crippen LogP contribution in [0, 0.1) is 0 Å². The van der Waals surface area contributed by atoms with E-state index in [4.69, 9.17) is 9.47 Å². The molecule has 0 unspecified atom stereocenters. The lowest BCUT2D eigenvalue weighted by Crippen LogP contribution is -2.55. The molecule has 2 aliphatic rings. The Morgan fingerprint density at radius 3 is 2.53 bits per heavy atom. The molecule has 0 spiro atoms. The number of esters is 1. The summed E-state index contributed by atoms with van der Waals surface area (Å²) in [5.74, 6) is -1.50. The number of nitrogens with zero attached hydrogens (tertiary/aromatic N) is 2. The molecule has 1 aromatic carbocycles. The monoisotopic (exact) mass is 418 g/mol. The van der Waals surface area contributed by atoms with Gasteiger partial charge in [0.25, 0.3) is 11.8 Å². The molecule has 2 saturated heterocycles. The van der Waals surface area contributed by atoms with Gasteiger partial charge in [-0.15, -0.1) is 0 Å². The quantitative estimate of drug-likeness (QED) is 0.749. The third-order valence-electron chi connectivity index (χ3n) is 5.10. The lowest BCUT2D eigenvalue weighted by Gasteiger charge is -2.34. The van der Waals surface area contributed by atoms with Crippen LogP contribution in [0.5, 0.6) is 0 Å². The van der Waals surface area contributed by atoms with E-state index >= 15 is 0 Å². The Kier molecular flexibility index (Phi) is 6.77. The highest BCUT2D eigenvalue weighted by molar-refractivity contribution is 6.02. The molecule has 1 N–H and O–H groups in total. The van der Waals surface area contributed by atoms with Gasteiger partial charge in [0.05, 0.1) is 6.61 Å². The predicted octanol–water partition coefficient (Wildman–Crippen LogP) is 1.75. The molecule has 1 aromatic rings. The van der Waals surface area contributed by atoms with Crippen molar-refractivity contribution < 1.29 is 29.0 Å². The zero-order valence-corrected chi connectivity index (χ0v) is 17.8. The van der Waals surface area contributed by atoms with Gasteiger partial charge in [0.15, 0.2) is 12.2 Å². The Labute approximate surface area is 176 Å². The van der Waals surface area contributed by atoms with Gasteiger partial charge in [0.2, 0.25) is 0 Å². The van der Waals surface area contributed by atoms with Crippen LogP contribution in [0.1, 0.15) is 50.4 Å². The van der Waals surface area contributed by atoms with Gasteiger partial charge in [-0.2, -0.15) is 0 Å². The highest BCUT2D eigenvalue weighted by atomic mass is 16.6. The van der Waals surface area contributed by atoms with Crippen molar-refractivity contribution >= 4 is 23.5 Å². The maximum Gasteiger partial charge on any atom is 0.338 e. The number of benzene rings is 1. The number of aliphatic hydroxyl groups is 1. The Morgan fingerprint density at radius 1 is 1.17 bits per heavy atom. The van der Waals surface area contributed by atoms with Crippen LogP contribution in [0.15, 0.2) is 24.3 Å². The summed E-state index contributed by atoms with van der Waals surface area (Å²) >= 11 is 0. The molecule has 0 aliphatic carbocycles. The zero-order valence-electron chi connectivity index (χ0n) is 17.8. The number of carbonyl (C=O) groups is 3. The van der Waals surface area contributed by atoms with E-state index < -0.39 is 29.7 Å². The van der Waals surface area contributed by atoms with Crippen LogP contribution < -0.4 is 4.90 Å². The molecule has 2 atom stereocenters. The van der Waals surface area contributed by atoms with E-state index in [1.165, 1.54) is 4.90 Å². The highest BCUT2D eigenvalue weighted by Crippen LogP contribution is 2.24. The number of hydrogen-bond donors (Lipinski definition) is 1. The SMILES string of the molecule is CC(C)(C)OC(=O)[C@H](O)[C@H]1OCCN(c2cccc(C(=O)N3CCCCC3)c2)C1=O. The minimum atomic E-state index is -1.72. The number of rotatable bonds is 4. The van der Waals surface area contributed by atoms with Gasteiger partial charge in [0.1, 0.15) is 5.60 Å². The van der Waals surface area contributed by atoms with E-state index in [0.717, 1.165) is 32.4 Å². The first-order valence-corrected chi connectivity index (χ1v) is 10.4. The van der Waals surface area contributed by atoms with Crippen LogP contribution in [-0.4, -0.2) is 71.8 Å². The van der Waals surface area contributed by atoms with E-state index in [9.17, 15) is 19.5 Å². The minimum Gasteiger partial charge on any atom is -0.458 e. The summed E-state index contributed by atoms with van der Waals surface area (Å²) in [6.45, 7) is 6.93. The first-order chi connectivity index (χ1) is 14.2. The van der Waals surface area contributed by atoms with Crippen molar-refractivity contribution in [3.8, 4) is 0 Å². The largest absolute Gasteiger partial charge is 0.458 e. The Hall–Kier alpha value is -2.45. The van der Waals surface area contributed by atoms with Crippen molar-refractivity contribution in [2.45, 2.75) is 57.8 Å². The van der Waals surface area contributed by atoms with Crippen molar-refractivity contribution in [1.82, 2.24) is 4.90 Å². The van der Waals surface area contributed by atoms with Crippen molar-refractivity contribution in [3.05, 3.63) is 29.8 Å². The van der Waals surface area contributed by atoms with E-state index in [2.05, 4.69) is 0 Å². The van der Waals surface area contributed by atoms with Crippen LogP contribution in [0.25, 0.3) is 0 Å². The summed E-state index contributed by atoms with van der Waals surface area (Å²) < 4.78 is 10.6. The number of aliphatic hydroxyl groups excluding tert-OH is 1. The van der Waals surface area contributed by atoms with E-state index in [-0.39, 0.29) is 19.1 Å². The number of morpholine rings is 1. The van der Waals surface area contributed by atoms with Gasteiger partial charge in [-0.25, -0.2) is 4.79 Å². The van der Waals surface area contributed by atoms with Gasteiger partial charge in [-0.05, 0) is 58.2 Å². The van der Waals surface area contributed by atoms with Gasteiger partial charge in [0, 0.05) is 30.9 Å². The second-order valence-corrected chi connectivity index (χ2v) is 8.66. The molecular weight excluding hydrogens is 388 g/mol. The minimum absolute atomic E-state index is 0.0531. The topological polar surface area (TPSA) is 96.4 Å². The third kappa shape index (κ3) is 5.17. The molecule has 0 bridgehead atoms. The summed E-state index contributed by atoms with van der Waals surface area (Å²) in [4.78, 5) is 41.2. The molecule has 8 heteroatoms. The summed E-state index contributed by atoms with van der Waals surface area (Å²) in [5, 5.41) is 10.3. The van der Waals surface area contributed by atoms with Crippen molar-refractivity contribution in [1.29, 1.82) is 0 Å². The summed E-state index contributed by atoms with van der Waals surface area (Å²) in [6, 6.07) is 6.87. The van der Waals surface area contributed by atoms with Crippen LogP contribution in [-0.2, 0) is 19.1 Å². The molecule has 0 aromatic heterocycles. The molecule has 2 fully saturated rings. The lowest BCUT2D eigenvalue weighted by atomic mass is 10.1. The standard InChI is InChI=1S/C22H30N2O6/c1-22(2,3)30-21(28)17(25)18-20(27)24(12-13-29-18)16-9-7-8-15(14-16)19(26)23-10-5-4-6-11-23/h7-9,14,17-18,25H,4-6,10-13H2,1-3H3/t17-,18-/m1/s1. The van der Waals surface area contributed by atoms with Gasteiger partial charge < -0.3 is 24.4 Å². The van der Waals surface area contributed by atoms with E-state index in [1.54, 1.807) is 45.0 Å². The average Bonchev–Trinajstić information content (AvgIpc) is 2.72. The second kappa shape index (κ2) is 9.14. The fraction of sp³-hybridized carbons (Fsp3) is 0.591. The molecule has 2 heterocycles. The summed E-state index contributed by atoms with van der Waals surface area (Å²) in [6.07, 6.45) is 0.0515. The molecule has 30 heavy (non-hydrogen) atoms. The molecule has 3 rings (SSSR count). The average molecular weight is 418 g/mol. The highest BCUT2D eigenvalue weighted by Gasteiger charge is 2.41. The van der Waals surface area contributed by atoms with E-state index in [1.807, 2.05) is 4.90 Å². The number of anilines is 1. The van der Waals surface area contributed by atoms with Crippen LogP contribution in [0.2, 0.25) is 0 Å². The maximum absolute atomic E-state index is 13.0. The summed E-state index contributed by atoms with van der Waals surface area (Å²) in [7, 11) is 0. The van der Waals surface area contributed by atoms with Gasteiger partial charge in [-0.1, -0.05) is 6.07 Å². The second-order valence-electron chi connectivity index (χ2n) is 8.66. The molecule has 0 saturated carbocycles. The number of hydrogen-bond acceptors (Lipinski definition) is 6. The third-order valence-corrected chi connectivity index (χ3v) is 5.10. The number of likely N-dealkylation sites (tertiary alicyclic amines) is 1. The van der Waals surface area contributed by atoms with Crippen molar-refractivity contribution in [3.63, 3.8) is 0 Å². The fourth-order valence-corrected chi connectivity index (χ4v) is 3.66.